The van der Waals surface area contributed by atoms with Crippen LogP contribution in [0.5, 0.6) is 0 Å². The van der Waals surface area contributed by atoms with E-state index in [9.17, 15) is 9.59 Å². The molecule has 9 heteroatoms. The number of carbonyl (C=O) groups excluding carboxylic acids is 2. The first kappa shape index (κ1) is 26.9. The highest BCUT2D eigenvalue weighted by Gasteiger charge is 2.24. The van der Waals surface area contributed by atoms with E-state index in [1.807, 2.05) is 51.1 Å². The Balaban J connectivity index is 1.87. The van der Waals surface area contributed by atoms with E-state index in [0.29, 0.717) is 41.7 Å². The number of halogens is 2. The van der Waals surface area contributed by atoms with Crippen molar-refractivity contribution in [2.24, 2.45) is 0 Å². The third-order valence-electron chi connectivity index (χ3n) is 5.30. The Morgan fingerprint density at radius 1 is 1.14 bits per heavy atom. The van der Waals surface area contributed by atoms with Gasteiger partial charge in [0.2, 0.25) is 5.91 Å². The number of benzene rings is 2. The lowest BCUT2D eigenvalue weighted by Gasteiger charge is -2.22. The molecule has 2 amide bonds. The van der Waals surface area contributed by atoms with Crippen molar-refractivity contribution in [3.63, 3.8) is 0 Å². The van der Waals surface area contributed by atoms with E-state index in [-0.39, 0.29) is 23.8 Å². The van der Waals surface area contributed by atoms with Crippen LogP contribution in [0.4, 0.5) is 5.82 Å². The molecule has 0 bridgehead atoms. The number of methoxy groups -OCH3 is 1. The van der Waals surface area contributed by atoms with Gasteiger partial charge in [-0.15, -0.1) is 0 Å². The van der Waals surface area contributed by atoms with Crippen molar-refractivity contribution < 1.29 is 14.3 Å². The number of carbonyl (C=O) groups is 2. The molecule has 0 saturated heterocycles. The fourth-order valence-corrected chi connectivity index (χ4v) is 4.07. The normalized spacial score (nSPS) is 11.4. The van der Waals surface area contributed by atoms with Crippen molar-refractivity contribution in [2.45, 2.75) is 32.6 Å². The molecule has 1 aromatic heterocycles. The molecule has 0 aliphatic rings. The predicted molar refractivity (Wildman–Crippen MR) is 142 cm³/mol. The summed E-state index contributed by atoms with van der Waals surface area (Å²) in [6.07, 6.45) is 0.606. The van der Waals surface area contributed by atoms with Gasteiger partial charge < -0.3 is 15.0 Å². The van der Waals surface area contributed by atoms with Crippen LogP contribution in [0.3, 0.4) is 0 Å². The number of nitrogens with zero attached hydrogens (tertiary/aromatic N) is 3. The van der Waals surface area contributed by atoms with Crippen molar-refractivity contribution in [3.05, 3.63) is 75.4 Å². The molecule has 0 fully saturated rings. The molecule has 0 radical (unpaired) electrons. The summed E-state index contributed by atoms with van der Waals surface area (Å²) in [5.74, 6) is -0.0771. The number of para-hydroxylation sites is 1. The lowest BCUT2D eigenvalue weighted by molar-refractivity contribution is -0.117. The molecular weight excluding hydrogens is 532 g/mol. The quantitative estimate of drug-likeness (QED) is 0.340. The molecule has 186 valence electrons. The summed E-state index contributed by atoms with van der Waals surface area (Å²) in [6, 6.07) is 16.3. The van der Waals surface area contributed by atoms with Gasteiger partial charge >= 0.3 is 0 Å². The summed E-state index contributed by atoms with van der Waals surface area (Å²) >= 11 is 9.83. The van der Waals surface area contributed by atoms with Crippen molar-refractivity contribution in [3.8, 4) is 5.69 Å². The van der Waals surface area contributed by atoms with Gasteiger partial charge in [-0.2, -0.15) is 5.10 Å². The van der Waals surface area contributed by atoms with Crippen molar-refractivity contribution in [1.82, 2.24) is 14.7 Å². The first-order valence-electron chi connectivity index (χ1n) is 11.3. The first-order valence-corrected chi connectivity index (χ1v) is 12.5. The number of aromatic nitrogens is 2. The van der Waals surface area contributed by atoms with Crippen LogP contribution in [-0.4, -0.2) is 53.3 Å². The fourth-order valence-electron chi connectivity index (χ4n) is 3.46. The molecule has 1 N–H and O–H groups in total. The topological polar surface area (TPSA) is 76.5 Å². The second-order valence-electron chi connectivity index (χ2n) is 9.16. The van der Waals surface area contributed by atoms with Crippen molar-refractivity contribution >= 4 is 45.2 Å². The smallest absolute Gasteiger partial charge is 0.254 e. The summed E-state index contributed by atoms with van der Waals surface area (Å²) in [5, 5.41) is 8.16. The molecule has 0 aliphatic carbocycles. The lowest BCUT2D eigenvalue weighted by atomic mass is 9.92. The summed E-state index contributed by atoms with van der Waals surface area (Å²) < 4.78 is 7.56. The fraction of sp³-hybridized carbons (Fsp3) is 0.346. The zero-order valence-electron chi connectivity index (χ0n) is 20.3. The van der Waals surface area contributed by atoms with Crippen LogP contribution in [0.2, 0.25) is 5.02 Å². The zero-order valence-corrected chi connectivity index (χ0v) is 22.7. The van der Waals surface area contributed by atoms with Crippen LogP contribution < -0.4 is 5.32 Å². The Morgan fingerprint density at radius 3 is 2.54 bits per heavy atom. The number of hydrogen-bond acceptors (Lipinski definition) is 4. The number of amides is 2. The van der Waals surface area contributed by atoms with E-state index in [4.69, 9.17) is 21.4 Å². The third kappa shape index (κ3) is 7.16. The zero-order chi connectivity index (χ0) is 25.6. The highest BCUT2D eigenvalue weighted by Crippen LogP contribution is 2.29. The Morgan fingerprint density at radius 2 is 1.89 bits per heavy atom. The highest BCUT2D eigenvalue weighted by molar-refractivity contribution is 9.10. The second-order valence-corrected chi connectivity index (χ2v) is 10.5. The predicted octanol–water partition coefficient (Wildman–Crippen LogP) is 5.70. The molecule has 0 aliphatic heterocycles. The molecule has 1 heterocycles. The van der Waals surface area contributed by atoms with Gasteiger partial charge in [-0.05, 0) is 36.8 Å². The van der Waals surface area contributed by atoms with Crippen LogP contribution in [0.15, 0.2) is 59.1 Å². The maximum Gasteiger partial charge on any atom is 0.254 e. The van der Waals surface area contributed by atoms with E-state index < -0.39 is 0 Å². The van der Waals surface area contributed by atoms with Crippen molar-refractivity contribution in [1.29, 1.82) is 0 Å². The van der Waals surface area contributed by atoms with Gasteiger partial charge in [-0.25, -0.2) is 4.68 Å². The average molecular weight is 562 g/mol. The molecule has 3 aromatic rings. The number of ether oxygens (including phenoxy) is 1. The number of anilines is 1. The van der Waals surface area contributed by atoms with E-state index in [1.165, 1.54) is 4.90 Å². The molecule has 7 nitrogen and oxygen atoms in total. The molecule has 3 rings (SSSR count). The third-order valence-corrected chi connectivity index (χ3v) is 6.11. The van der Waals surface area contributed by atoms with E-state index in [1.54, 1.807) is 36.1 Å². The second kappa shape index (κ2) is 11.8. The summed E-state index contributed by atoms with van der Waals surface area (Å²) in [5.41, 5.74) is 1.71. The van der Waals surface area contributed by atoms with Crippen LogP contribution in [-0.2, 0) is 14.9 Å². The minimum absolute atomic E-state index is 0.117. The largest absolute Gasteiger partial charge is 0.385 e. The van der Waals surface area contributed by atoms with Gasteiger partial charge in [0.05, 0.1) is 16.4 Å². The van der Waals surface area contributed by atoms with Crippen molar-refractivity contribution in [2.75, 3.05) is 32.1 Å². The molecular formula is C26H30BrClN4O3. The summed E-state index contributed by atoms with van der Waals surface area (Å²) in [4.78, 5) is 27.9. The highest BCUT2D eigenvalue weighted by atomic mass is 79.9. The van der Waals surface area contributed by atoms with E-state index in [0.717, 1.165) is 10.2 Å². The number of rotatable bonds is 9. The van der Waals surface area contributed by atoms with Gasteiger partial charge in [0.15, 0.2) is 0 Å². The monoisotopic (exact) mass is 560 g/mol. The molecule has 0 spiro atoms. The molecule has 35 heavy (non-hydrogen) atoms. The Hall–Kier alpha value is -2.68. The minimum atomic E-state index is -0.334. The van der Waals surface area contributed by atoms with Crippen LogP contribution in [0, 0.1) is 0 Å². The molecule has 0 unspecified atom stereocenters. The van der Waals surface area contributed by atoms with Gasteiger partial charge in [0.1, 0.15) is 12.4 Å². The maximum atomic E-state index is 13.2. The van der Waals surface area contributed by atoms with Gasteiger partial charge in [0, 0.05) is 41.8 Å². The lowest BCUT2D eigenvalue weighted by Crippen LogP contribution is -2.39. The molecule has 2 aromatic carbocycles. The molecule has 0 saturated carbocycles. The number of nitrogens with one attached hydrogen (secondary N) is 1. The SMILES string of the molecule is COCCCN(CC(=O)Nc1cc(C(C)(C)C)nn1-c1ccccc1Cl)C(=O)c1cccc(Br)c1. The Kier molecular flexibility index (Phi) is 9.10. The summed E-state index contributed by atoms with van der Waals surface area (Å²) in [7, 11) is 1.61. The first-order chi connectivity index (χ1) is 16.6. The van der Waals surface area contributed by atoms with Gasteiger partial charge in [-0.1, -0.05) is 66.5 Å². The van der Waals surface area contributed by atoms with Crippen LogP contribution in [0.25, 0.3) is 5.69 Å². The van der Waals surface area contributed by atoms with Crippen LogP contribution in [0.1, 0.15) is 43.2 Å². The maximum absolute atomic E-state index is 13.2. The van der Waals surface area contributed by atoms with Crippen LogP contribution >= 0.6 is 27.5 Å². The average Bonchev–Trinajstić information content (AvgIpc) is 3.22. The minimum Gasteiger partial charge on any atom is -0.385 e. The Labute approximate surface area is 219 Å². The standard InChI is InChI=1S/C26H30BrClN4O3/c1-26(2,3)22-16-23(32(30-22)21-12-6-5-11-20(21)28)29-24(33)17-31(13-8-14-35-4)25(34)18-9-7-10-19(27)15-18/h5-7,9-12,15-16H,8,13-14,17H2,1-4H3,(H,29,33). The van der Waals surface area contributed by atoms with Gasteiger partial charge in [-0.3, -0.25) is 9.59 Å². The van der Waals surface area contributed by atoms with E-state index in [2.05, 4.69) is 21.2 Å². The van der Waals surface area contributed by atoms with Gasteiger partial charge in [0.25, 0.3) is 5.91 Å². The number of hydrogen-bond donors (Lipinski definition) is 1. The molecule has 0 atom stereocenters. The summed E-state index contributed by atoms with van der Waals surface area (Å²) in [6.45, 7) is 6.89. The Bertz CT molecular complexity index is 1190. The van der Waals surface area contributed by atoms with E-state index >= 15 is 0 Å².